The van der Waals surface area contributed by atoms with Gasteiger partial charge in [-0.2, -0.15) is 21.0 Å². The van der Waals surface area contributed by atoms with Gasteiger partial charge in [0.1, 0.15) is 82.3 Å². The van der Waals surface area contributed by atoms with Crippen molar-refractivity contribution in [2.75, 3.05) is 13.1 Å². The Hall–Kier alpha value is -10.9. The summed E-state index contributed by atoms with van der Waals surface area (Å²) in [6.45, 7) is 2.39. The van der Waals surface area contributed by atoms with E-state index in [0.717, 1.165) is 46.2 Å². The van der Waals surface area contributed by atoms with E-state index in [-0.39, 0.29) is 115 Å². The predicted octanol–water partition coefficient (Wildman–Crippen LogP) is 11.4. The molecule has 4 aliphatic heterocycles. The Morgan fingerprint density at radius 3 is 1.08 bits per heavy atom. The maximum atomic E-state index is 15.5. The van der Waals surface area contributed by atoms with Gasteiger partial charge in [-0.25, -0.2) is 29.2 Å². The first-order chi connectivity index (χ1) is 44.7. The van der Waals surface area contributed by atoms with Gasteiger partial charge in [0.2, 0.25) is 0 Å². The number of carbonyl (C=O) groups excluding carboxylic acids is 6. The zero-order valence-corrected chi connectivity index (χ0v) is 51.8. The second-order valence-corrected chi connectivity index (χ2v) is 24.8. The van der Waals surface area contributed by atoms with E-state index in [0.29, 0.717) is 32.0 Å². The molecule has 2 fully saturated rings. The molecular formula is C68H46N8O12S4. The van der Waals surface area contributed by atoms with Gasteiger partial charge in [-0.1, -0.05) is 146 Å². The molecule has 4 aromatic carbocycles. The van der Waals surface area contributed by atoms with Gasteiger partial charge in [0.15, 0.2) is 21.2 Å². The monoisotopic (exact) mass is 1290 g/mol. The number of thiophene rings is 2. The predicted molar refractivity (Wildman–Crippen MR) is 340 cm³/mol. The molecular weight excluding hydrogens is 1250 g/mol. The van der Waals surface area contributed by atoms with E-state index in [4.69, 9.17) is 38.4 Å². The van der Waals surface area contributed by atoms with Crippen LogP contribution in [-0.4, -0.2) is 79.9 Å². The number of allylic oxidation sites excluding steroid dienone is 6. The number of amides is 2. The summed E-state index contributed by atoms with van der Waals surface area (Å²) in [5, 5.41) is 39.6. The Bertz CT molecular complexity index is 4110. The number of nitrogens with zero attached hydrogens (tertiary/aromatic N) is 8. The van der Waals surface area contributed by atoms with Crippen LogP contribution in [-0.2, 0) is 74.1 Å². The number of rotatable bonds is 16. The summed E-state index contributed by atoms with van der Waals surface area (Å²) in [5.41, 5.74) is -3.19. The third-order valence-corrected chi connectivity index (χ3v) is 19.5. The number of esters is 4. The van der Waals surface area contributed by atoms with Crippen LogP contribution in [0.3, 0.4) is 0 Å². The number of hydrogen-bond donors (Lipinski definition) is 0. The van der Waals surface area contributed by atoms with Crippen LogP contribution in [0.5, 0.6) is 11.5 Å². The minimum Gasteiger partial charge on any atom is -0.458 e. The van der Waals surface area contributed by atoms with E-state index in [2.05, 4.69) is 0 Å². The summed E-state index contributed by atoms with van der Waals surface area (Å²) in [6.07, 6.45) is 6.83. The van der Waals surface area contributed by atoms with Gasteiger partial charge < -0.3 is 28.4 Å². The normalized spacial score (nSPS) is 18.6. The highest BCUT2D eigenvalue weighted by atomic mass is 32.2. The summed E-state index contributed by atoms with van der Waals surface area (Å²) in [6, 6.07) is 45.4. The Morgan fingerprint density at radius 2 is 0.793 bits per heavy atom. The molecule has 24 heteroatoms. The summed E-state index contributed by atoms with van der Waals surface area (Å²) in [4.78, 5) is 103. The largest absolute Gasteiger partial charge is 0.458 e. The number of fused-ring (bicyclic) bond motifs is 7. The number of thioether (sulfide) groups is 2. The molecule has 2 unspecified atom stereocenters. The molecule has 0 saturated carbocycles. The molecule has 20 nitrogen and oxygen atoms in total. The van der Waals surface area contributed by atoms with Crippen LogP contribution in [0, 0.1) is 57.2 Å². The van der Waals surface area contributed by atoms with E-state index < -0.39 is 58.7 Å². The average molecular weight is 1300 g/mol. The van der Waals surface area contributed by atoms with Crippen LogP contribution in [0.1, 0.15) is 45.9 Å². The van der Waals surface area contributed by atoms with E-state index in [9.17, 15) is 30.6 Å². The number of carbonyl (C=O) groups is 6. The fourth-order valence-corrected chi connectivity index (χ4v) is 15.1. The van der Waals surface area contributed by atoms with Crippen LogP contribution in [0.25, 0.3) is 11.1 Å². The molecule has 0 spiro atoms. The molecule has 2 aliphatic carbocycles. The summed E-state index contributed by atoms with van der Waals surface area (Å²) < 4.78 is 38.0. The van der Waals surface area contributed by atoms with Gasteiger partial charge in [-0.05, 0) is 59.6 Å². The second-order valence-electron chi connectivity index (χ2n) is 20.8. The Balaban J connectivity index is 1.06. The minimum atomic E-state index is -2.72. The molecule has 2 aromatic heterocycles. The lowest BCUT2D eigenvalue weighted by Gasteiger charge is -2.42. The molecule has 0 radical (unpaired) electrons. The molecule has 454 valence electrons. The standard InChI is InChI=1S/C68H46N8O12S4/c1-3-75-59(77)57(91-61(75)45(31-69)32-70)73-53-29-51-55(89-53)47-25-43-28-50-48(26-44(43)27-49(47)67(87-51,63(79)83-35-39-17-9-5-10-18-39)64(80)84-36-40-19-11-6-12-20-40)56-52(30-54(90-56)74-58-60(78)76(4-2)62(92-58)46(33-71)34-72)88-68(50,65(81)85-37-41-21-13-7-14-22-41)66(82)86-38-42-23-15-8-16-24-42/h5-30,43-44H,3-4,35-38H2,1-2H3. The van der Waals surface area contributed by atoms with Gasteiger partial charge in [-0.15, -0.1) is 22.7 Å². The first-order valence-corrected chi connectivity index (χ1v) is 31.7. The third kappa shape index (κ3) is 11.3. The Labute approximate surface area is 542 Å². The maximum absolute atomic E-state index is 15.5. The van der Waals surface area contributed by atoms with Crippen LogP contribution in [0.2, 0.25) is 0 Å². The number of aliphatic imine (C=N–C) groups is 2. The van der Waals surface area contributed by atoms with Gasteiger partial charge >= 0.3 is 35.1 Å². The van der Waals surface area contributed by atoms with Crippen LogP contribution in [0.4, 0.5) is 10.0 Å². The summed E-state index contributed by atoms with van der Waals surface area (Å²) in [5.74, 6) is -7.56. The van der Waals surface area contributed by atoms with E-state index in [1.54, 1.807) is 159 Å². The molecule has 2 amide bonds. The van der Waals surface area contributed by atoms with Crippen molar-refractivity contribution < 1.29 is 57.2 Å². The molecule has 6 heterocycles. The van der Waals surface area contributed by atoms with Crippen molar-refractivity contribution in [2.24, 2.45) is 21.8 Å². The molecule has 12 rings (SSSR count). The van der Waals surface area contributed by atoms with Crippen molar-refractivity contribution in [3.8, 4) is 35.8 Å². The molecule has 92 heavy (non-hydrogen) atoms. The first kappa shape index (κ1) is 61.4. The molecule has 0 N–H and O–H groups in total. The lowest BCUT2D eigenvalue weighted by Crippen LogP contribution is -2.58. The number of hydrogen-bond acceptors (Lipinski definition) is 22. The van der Waals surface area contributed by atoms with E-state index >= 15 is 19.2 Å². The Morgan fingerprint density at radius 1 is 0.489 bits per heavy atom. The zero-order valence-electron chi connectivity index (χ0n) is 48.5. The molecule has 2 saturated heterocycles. The van der Waals surface area contributed by atoms with Gasteiger partial charge in [0, 0.05) is 59.4 Å². The zero-order chi connectivity index (χ0) is 64.3. The second kappa shape index (κ2) is 25.9. The highest BCUT2D eigenvalue weighted by Gasteiger charge is 2.63. The van der Waals surface area contributed by atoms with Gasteiger partial charge in [0.25, 0.3) is 11.8 Å². The van der Waals surface area contributed by atoms with Gasteiger partial charge in [0.05, 0.1) is 9.75 Å². The van der Waals surface area contributed by atoms with Crippen molar-refractivity contribution in [3.63, 3.8) is 0 Å². The van der Waals surface area contributed by atoms with Crippen molar-refractivity contribution in [2.45, 2.75) is 51.5 Å². The van der Waals surface area contributed by atoms with Crippen molar-refractivity contribution in [1.82, 2.24) is 9.80 Å². The molecule has 0 bridgehead atoms. The lowest BCUT2D eigenvalue weighted by atomic mass is 9.68. The number of ether oxygens (including phenoxy) is 6. The molecule has 2 atom stereocenters. The van der Waals surface area contributed by atoms with Crippen LogP contribution < -0.4 is 9.47 Å². The molecule has 6 aromatic rings. The van der Waals surface area contributed by atoms with Gasteiger partial charge in [-0.3, -0.25) is 19.4 Å². The van der Waals surface area contributed by atoms with Crippen molar-refractivity contribution >= 4 is 113 Å². The highest BCUT2D eigenvalue weighted by molar-refractivity contribution is 8.20. The third-order valence-electron chi connectivity index (χ3n) is 15.3. The van der Waals surface area contributed by atoms with Crippen LogP contribution >= 0.6 is 46.2 Å². The number of benzene rings is 4. The summed E-state index contributed by atoms with van der Waals surface area (Å²) >= 11 is 3.75. The first-order valence-electron chi connectivity index (χ1n) is 28.4. The average Bonchev–Trinajstić information content (AvgIpc) is 1.14. The van der Waals surface area contributed by atoms with Crippen LogP contribution in [0.15, 0.2) is 200 Å². The SMILES string of the molecule is CCN1C(=O)C(=Nc2cc3c(s2)C2=CC4C=C5C(=CC4C=C2C(C(=O)OCc2ccccc2)(C(=O)OCc2ccccc2)O3)c2sc(N=C3SC(=C(C#N)C#N)N(CC)C3=O)cc2OC5(C(=O)OCc2ccccc2)C(=O)OCc2ccccc2)SC1=C(C#N)C#N. The summed E-state index contributed by atoms with van der Waals surface area (Å²) in [7, 11) is 0. The number of nitriles is 4. The van der Waals surface area contributed by atoms with Crippen molar-refractivity contribution in [3.05, 3.63) is 222 Å². The fraction of sp³-hybridized carbons (Fsp3) is 0.176. The topological polar surface area (TPSA) is 284 Å². The maximum Gasteiger partial charge on any atom is 0.367 e. The Kier molecular flexibility index (Phi) is 17.3. The van der Waals surface area contributed by atoms with E-state index in [1.807, 2.05) is 24.3 Å². The minimum absolute atomic E-state index is 0.00456. The molecule has 6 aliphatic rings. The van der Waals surface area contributed by atoms with Crippen molar-refractivity contribution in [1.29, 1.82) is 21.0 Å². The quantitative estimate of drug-likeness (QED) is 0.0376. The van der Waals surface area contributed by atoms with E-state index in [1.165, 1.54) is 21.9 Å². The fourth-order valence-electron chi connectivity index (χ4n) is 10.9. The highest BCUT2D eigenvalue weighted by Crippen LogP contribution is 2.59. The lowest BCUT2D eigenvalue weighted by molar-refractivity contribution is -0.179. The smallest absolute Gasteiger partial charge is 0.367 e.